The van der Waals surface area contributed by atoms with Gasteiger partial charge in [-0.1, -0.05) is 18.6 Å². The zero-order valence-corrected chi connectivity index (χ0v) is 19.5. The van der Waals surface area contributed by atoms with Gasteiger partial charge < -0.3 is 23.5 Å². The van der Waals surface area contributed by atoms with Crippen LogP contribution in [0, 0.1) is 6.92 Å². The molecule has 1 fully saturated rings. The number of aromatic nitrogens is 5. The van der Waals surface area contributed by atoms with Crippen LogP contribution in [-0.4, -0.2) is 57.7 Å². The highest BCUT2D eigenvalue weighted by Gasteiger charge is 2.24. The average molecular weight is 468 g/mol. The molecule has 0 amide bonds. The standard InChI is InChI=1S/C24H29N5O5/c1-3-4-20(24-25-27-28-26-24)34-17-5-6-19-16(11-17)7-8-29-22(30)12-21(15(2)23(19)29)33-14-18-13-31-9-10-32-18/h5-6,11-12,18,20H,3-4,7-10,13-14H2,1-2H3,(H,25,26,27,28). The molecule has 5 rings (SSSR count). The van der Waals surface area contributed by atoms with E-state index in [2.05, 4.69) is 27.5 Å². The second-order valence-corrected chi connectivity index (χ2v) is 8.58. The maximum atomic E-state index is 12.9. The Labute approximate surface area is 197 Å². The Morgan fingerprint density at radius 3 is 2.97 bits per heavy atom. The predicted octanol–water partition coefficient (Wildman–Crippen LogP) is 2.61. The first kappa shape index (κ1) is 22.5. The lowest BCUT2D eigenvalue weighted by Gasteiger charge is -2.27. The largest absolute Gasteiger partial charge is 0.490 e. The summed E-state index contributed by atoms with van der Waals surface area (Å²) in [6.45, 7) is 6.69. The highest BCUT2D eigenvalue weighted by Crippen LogP contribution is 2.37. The number of benzene rings is 1. The number of rotatable bonds is 8. The summed E-state index contributed by atoms with van der Waals surface area (Å²) in [6, 6.07) is 7.57. The molecular formula is C24H29N5O5. The number of nitrogens with one attached hydrogen (secondary N) is 1. The van der Waals surface area contributed by atoms with Crippen LogP contribution in [-0.2, 0) is 22.4 Å². The van der Waals surface area contributed by atoms with Crippen molar-refractivity contribution in [3.63, 3.8) is 0 Å². The summed E-state index contributed by atoms with van der Waals surface area (Å²) in [5.41, 5.74) is 3.90. The number of tetrazole rings is 1. The van der Waals surface area contributed by atoms with Crippen LogP contribution >= 0.6 is 0 Å². The van der Waals surface area contributed by atoms with Gasteiger partial charge in [0.25, 0.3) is 5.56 Å². The fourth-order valence-corrected chi connectivity index (χ4v) is 4.55. The lowest BCUT2D eigenvalue weighted by molar-refractivity contribution is -0.101. The summed E-state index contributed by atoms with van der Waals surface area (Å²) in [6.07, 6.45) is 2.06. The second kappa shape index (κ2) is 9.94. The maximum Gasteiger partial charge on any atom is 0.254 e. The molecule has 1 saturated heterocycles. The van der Waals surface area contributed by atoms with Crippen molar-refractivity contribution in [1.29, 1.82) is 0 Å². The van der Waals surface area contributed by atoms with Crippen LogP contribution in [0.5, 0.6) is 11.5 Å². The van der Waals surface area contributed by atoms with E-state index in [1.807, 2.05) is 29.7 Å². The minimum atomic E-state index is -0.270. The van der Waals surface area contributed by atoms with Gasteiger partial charge in [0, 0.05) is 23.7 Å². The Kier molecular flexibility index (Phi) is 6.59. The number of aryl methyl sites for hydroxylation is 1. The normalized spacial score (nSPS) is 18.1. The Bertz CT molecular complexity index is 1190. The van der Waals surface area contributed by atoms with Crippen LogP contribution in [0.25, 0.3) is 11.3 Å². The van der Waals surface area contributed by atoms with Crippen LogP contribution in [0.2, 0.25) is 0 Å². The lowest BCUT2D eigenvalue weighted by atomic mass is 9.94. The smallest absolute Gasteiger partial charge is 0.254 e. The highest BCUT2D eigenvalue weighted by molar-refractivity contribution is 5.71. The van der Waals surface area contributed by atoms with Crippen molar-refractivity contribution >= 4 is 0 Å². The fraction of sp³-hybridized carbons (Fsp3) is 0.500. The van der Waals surface area contributed by atoms with Gasteiger partial charge in [0.2, 0.25) is 5.82 Å². The Morgan fingerprint density at radius 2 is 2.21 bits per heavy atom. The van der Waals surface area contributed by atoms with Crippen molar-refractivity contribution in [2.75, 3.05) is 26.4 Å². The van der Waals surface area contributed by atoms with E-state index < -0.39 is 0 Å². The van der Waals surface area contributed by atoms with Gasteiger partial charge in [0.1, 0.15) is 24.2 Å². The number of nitrogens with zero attached hydrogens (tertiary/aromatic N) is 4. The van der Waals surface area contributed by atoms with Gasteiger partial charge >= 0.3 is 0 Å². The Balaban J connectivity index is 1.41. The molecule has 2 aromatic heterocycles. The molecule has 1 aromatic carbocycles. The summed E-state index contributed by atoms with van der Waals surface area (Å²) in [5.74, 6) is 1.87. The molecule has 0 saturated carbocycles. The molecule has 0 spiro atoms. The van der Waals surface area contributed by atoms with E-state index in [9.17, 15) is 4.79 Å². The van der Waals surface area contributed by atoms with Crippen LogP contribution in [0.4, 0.5) is 0 Å². The second-order valence-electron chi connectivity index (χ2n) is 8.58. The van der Waals surface area contributed by atoms with Crippen molar-refractivity contribution < 1.29 is 18.9 Å². The fourth-order valence-electron chi connectivity index (χ4n) is 4.55. The molecule has 0 radical (unpaired) electrons. The molecule has 3 aromatic rings. The van der Waals surface area contributed by atoms with Crippen LogP contribution < -0.4 is 15.0 Å². The summed E-state index contributed by atoms with van der Waals surface area (Å²) >= 11 is 0. The number of ether oxygens (including phenoxy) is 4. The SMILES string of the molecule is CCCC(Oc1ccc2c(c1)CCn1c-2c(C)c(OCC2COCCO2)cc1=O)c1nn[nH]n1. The number of pyridine rings is 1. The zero-order chi connectivity index (χ0) is 23.5. The van der Waals surface area contributed by atoms with Gasteiger partial charge in [-0.05, 0) is 43.5 Å². The van der Waals surface area contributed by atoms with Crippen LogP contribution in [0.3, 0.4) is 0 Å². The first-order chi connectivity index (χ1) is 16.6. The maximum absolute atomic E-state index is 12.9. The van der Waals surface area contributed by atoms with Gasteiger partial charge in [0.05, 0.1) is 25.5 Å². The summed E-state index contributed by atoms with van der Waals surface area (Å²) < 4.78 is 25.2. The molecular weight excluding hydrogens is 438 g/mol. The molecule has 2 atom stereocenters. The molecule has 0 bridgehead atoms. The van der Waals surface area contributed by atoms with E-state index in [1.54, 1.807) is 6.07 Å². The minimum absolute atomic E-state index is 0.0671. The van der Waals surface area contributed by atoms with E-state index in [0.29, 0.717) is 44.5 Å². The van der Waals surface area contributed by atoms with E-state index >= 15 is 0 Å². The summed E-state index contributed by atoms with van der Waals surface area (Å²) in [7, 11) is 0. The predicted molar refractivity (Wildman–Crippen MR) is 123 cm³/mol. The number of hydrogen-bond acceptors (Lipinski definition) is 8. The quantitative estimate of drug-likeness (QED) is 0.538. The van der Waals surface area contributed by atoms with Crippen molar-refractivity contribution in [1.82, 2.24) is 25.2 Å². The van der Waals surface area contributed by atoms with Gasteiger partial charge in [-0.3, -0.25) is 4.79 Å². The third-order valence-electron chi connectivity index (χ3n) is 6.24. The lowest BCUT2D eigenvalue weighted by Crippen LogP contribution is -2.34. The highest BCUT2D eigenvalue weighted by atomic mass is 16.6. The molecule has 0 aliphatic carbocycles. The number of hydrogen-bond donors (Lipinski definition) is 1. The molecule has 10 heteroatoms. The van der Waals surface area contributed by atoms with Crippen molar-refractivity contribution in [2.24, 2.45) is 0 Å². The monoisotopic (exact) mass is 467 g/mol. The van der Waals surface area contributed by atoms with Crippen molar-refractivity contribution in [3.05, 3.63) is 51.6 Å². The van der Waals surface area contributed by atoms with E-state index in [-0.39, 0.29) is 17.8 Å². The van der Waals surface area contributed by atoms with Crippen molar-refractivity contribution in [2.45, 2.75) is 51.9 Å². The van der Waals surface area contributed by atoms with Gasteiger partial charge in [-0.2, -0.15) is 5.21 Å². The third-order valence-corrected chi connectivity index (χ3v) is 6.24. The molecule has 180 valence electrons. The van der Waals surface area contributed by atoms with Crippen LogP contribution in [0.15, 0.2) is 29.1 Å². The molecule has 34 heavy (non-hydrogen) atoms. The van der Waals surface area contributed by atoms with E-state index in [4.69, 9.17) is 18.9 Å². The van der Waals surface area contributed by atoms with Crippen LogP contribution in [0.1, 0.15) is 42.8 Å². The summed E-state index contributed by atoms with van der Waals surface area (Å²) in [4.78, 5) is 12.9. The summed E-state index contributed by atoms with van der Waals surface area (Å²) in [5, 5.41) is 14.3. The number of aromatic amines is 1. The van der Waals surface area contributed by atoms with Gasteiger partial charge in [0.15, 0.2) is 6.10 Å². The third kappa shape index (κ3) is 4.55. The van der Waals surface area contributed by atoms with Crippen molar-refractivity contribution in [3.8, 4) is 22.8 Å². The van der Waals surface area contributed by atoms with E-state index in [1.165, 1.54) is 0 Å². The average Bonchev–Trinajstić information content (AvgIpc) is 3.40. The Morgan fingerprint density at radius 1 is 1.29 bits per heavy atom. The molecule has 2 aliphatic heterocycles. The number of H-pyrrole nitrogens is 1. The molecule has 4 heterocycles. The first-order valence-corrected chi connectivity index (χ1v) is 11.7. The van der Waals surface area contributed by atoms with Gasteiger partial charge in [-0.25, -0.2) is 0 Å². The minimum Gasteiger partial charge on any atom is -0.490 e. The molecule has 2 unspecified atom stereocenters. The Hall–Kier alpha value is -3.24. The first-order valence-electron chi connectivity index (χ1n) is 11.7. The number of fused-ring (bicyclic) bond motifs is 3. The van der Waals surface area contributed by atoms with Gasteiger partial charge in [-0.15, -0.1) is 10.2 Å². The zero-order valence-electron chi connectivity index (χ0n) is 19.5. The molecule has 10 nitrogen and oxygen atoms in total. The molecule has 2 aliphatic rings. The molecule has 1 N–H and O–H groups in total. The van der Waals surface area contributed by atoms with E-state index in [0.717, 1.165) is 47.4 Å². The topological polar surface area (TPSA) is 113 Å².